The molecule has 1 aromatic carbocycles. The average Bonchev–Trinajstić information content (AvgIpc) is 2.79. The maximum Gasteiger partial charge on any atom is 0.240 e. The smallest absolute Gasteiger partial charge is 0.240 e. The molecule has 2 aliphatic rings. The van der Waals surface area contributed by atoms with Crippen LogP contribution in [-0.2, 0) is 14.8 Å². The van der Waals surface area contributed by atoms with Crippen LogP contribution in [-0.4, -0.2) is 51.2 Å². The third-order valence-electron chi connectivity index (χ3n) is 4.04. The first-order valence-electron chi connectivity index (χ1n) is 7.07. The van der Waals surface area contributed by atoms with E-state index in [0.29, 0.717) is 13.2 Å². The summed E-state index contributed by atoms with van der Waals surface area (Å²) in [7, 11) is -3.60. The Morgan fingerprint density at radius 3 is 2.71 bits per heavy atom. The zero-order valence-electron chi connectivity index (χ0n) is 11.8. The molecule has 116 valence electrons. The number of hydrogen-bond acceptors (Lipinski definition) is 4. The van der Waals surface area contributed by atoms with Gasteiger partial charge in [0, 0.05) is 25.2 Å². The van der Waals surface area contributed by atoms with Crippen LogP contribution in [0.2, 0.25) is 0 Å². The van der Waals surface area contributed by atoms with Crippen LogP contribution in [0.25, 0.3) is 0 Å². The summed E-state index contributed by atoms with van der Waals surface area (Å²) in [6.45, 7) is 4.19. The second-order valence-electron chi connectivity index (χ2n) is 5.76. The Hall–Kier alpha value is -1.02. The summed E-state index contributed by atoms with van der Waals surface area (Å²) in [5.41, 5.74) is 0. The maximum atomic E-state index is 12.9. The molecule has 0 unspecified atom stereocenters. The van der Waals surface area contributed by atoms with E-state index in [9.17, 15) is 12.8 Å². The normalized spacial score (nSPS) is 30.3. The Kier molecular flexibility index (Phi) is 4.00. The topological polar surface area (TPSA) is 58.6 Å². The molecule has 0 amide bonds. The van der Waals surface area contributed by atoms with Gasteiger partial charge < -0.3 is 4.74 Å². The minimum absolute atomic E-state index is 0.0957. The van der Waals surface area contributed by atoms with Crippen molar-refractivity contribution in [1.82, 2.24) is 9.62 Å². The highest BCUT2D eigenvalue weighted by Gasteiger charge is 2.37. The standard InChI is InChI=1S/C14H19FN2O3S/c1-10-7-17-8-12(6-13(17)9-20-10)16-21(18,19)14-4-2-11(15)3-5-14/h2-5,10,12-13,16H,6-9H2,1H3/t10-,12+,13+/m1/s1. The summed E-state index contributed by atoms with van der Waals surface area (Å²) in [6.07, 6.45) is 0.932. The predicted molar refractivity (Wildman–Crippen MR) is 75.9 cm³/mol. The Morgan fingerprint density at radius 2 is 2.00 bits per heavy atom. The Morgan fingerprint density at radius 1 is 1.29 bits per heavy atom. The van der Waals surface area contributed by atoms with Crippen molar-refractivity contribution in [3.8, 4) is 0 Å². The lowest BCUT2D eigenvalue weighted by Crippen LogP contribution is -2.45. The van der Waals surface area contributed by atoms with Gasteiger partial charge >= 0.3 is 0 Å². The molecule has 0 aromatic heterocycles. The van der Waals surface area contributed by atoms with Gasteiger partial charge in [-0.2, -0.15) is 0 Å². The molecule has 1 aromatic rings. The van der Waals surface area contributed by atoms with Gasteiger partial charge in [-0.25, -0.2) is 17.5 Å². The van der Waals surface area contributed by atoms with Gasteiger partial charge in [-0.15, -0.1) is 0 Å². The zero-order chi connectivity index (χ0) is 15.0. The quantitative estimate of drug-likeness (QED) is 0.903. The molecule has 2 heterocycles. The maximum absolute atomic E-state index is 12.9. The number of hydrogen-bond donors (Lipinski definition) is 1. The number of fused-ring (bicyclic) bond motifs is 1. The number of nitrogens with one attached hydrogen (secondary N) is 1. The van der Waals surface area contributed by atoms with Crippen LogP contribution in [0, 0.1) is 5.82 Å². The van der Waals surface area contributed by atoms with Crippen LogP contribution < -0.4 is 4.72 Å². The number of halogens is 1. The van der Waals surface area contributed by atoms with E-state index in [4.69, 9.17) is 4.74 Å². The molecule has 0 spiro atoms. The van der Waals surface area contributed by atoms with Crippen LogP contribution in [0.3, 0.4) is 0 Å². The number of morpholine rings is 1. The van der Waals surface area contributed by atoms with E-state index in [2.05, 4.69) is 9.62 Å². The largest absolute Gasteiger partial charge is 0.376 e. The lowest BCUT2D eigenvalue weighted by atomic mass is 10.2. The van der Waals surface area contributed by atoms with Gasteiger partial charge in [-0.1, -0.05) is 0 Å². The lowest BCUT2D eigenvalue weighted by molar-refractivity contribution is -0.0390. The summed E-state index contributed by atoms with van der Waals surface area (Å²) in [6, 6.07) is 5.03. The van der Waals surface area contributed by atoms with Gasteiger partial charge in [-0.05, 0) is 37.6 Å². The molecule has 0 aliphatic carbocycles. The zero-order valence-corrected chi connectivity index (χ0v) is 12.6. The average molecular weight is 314 g/mol. The van der Waals surface area contributed by atoms with Gasteiger partial charge in [0.2, 0.25) is 10.0 Å². The van der Waals surface area contributed by atoms with Gasteiger partial charge in [0.25, 0.3) is 0 Å². The van der Waals surface area contributed by atoms with Crippen LogP contribution in [0.1, 0.15) is 13.3 Å². The van der Waals surface area contributed by atoms with Gasteiger partial charge in [0.1, 0.15) is 5.82 Å². The van der Waals surface area contributed by atoms with Crippen molar-refractivity contribution < 1.29 is 17.5 Å². The van der Waals surface area contributed by atoms with Crippen LogP contribution in [0.15, 0.2) is 29.2 Å². The molecule has 21 heavy (non-hydrogen) atoms. The Balaban J connectivity index is 1.68. The van der Waals surface area contributed by atoms with Gasteiger partial charge in [0.05, 0.1) is 17.6 Å². The molecule has 0 bridgehead atoms. The second-order valence-corrected chi connectivity index (χ2v) is 7.47. The number of sulfonamides is 1. The van der Waals surface area contributed by atoms with E-state index in [1.807, 2.05) is 6.92 Å². The first-order valence-corrected chi connectivity index (χ1v) is 8.56. The minimum atomic E-state index is -3.60. The summed E-state index contributed by atoms with van der Waals surface area (Å²) in [5.74, 6) is -0.446. The highest BCUT2D eigenvalue weighted by atomic mass is 32.2. The SMILES string of the molecule is C[C@@H]1CN2C[C@@H](NS(=O)(=O)c3ccc(F)cc3)C[C@H]2CO1. The van der Waals surface area contributed by atoms with Crippen molar-refractivity contribution >= 4 is 10.0 Å². The molecule has 1 N–H and O–H groups in total. The van der Waals surface area contributed by atoms with Crippen molar-refractivity contribution in [2.24, 2.45) is 0 Å². The first-order chi connectivity index (χ1) is 9.94. The number of rotatable bonds is 3. The molecular weight excluding hydrogens is 295 g/mol. The first kappa shape index (κ1) is 14.9. The summed E-state index contributed by atoms with van der Waals surface area (Å²) < 4.78 is 45.8. The van der Waals surface area contributed by atoms with Crippen molar-refractivity contribution in [3.63, 3.8) is 0 Å². The van der Waals surface area contributed by atoms with E-state index in [-0.39, 0.29) is 23.1 Å². The van der Waals surface area contributed by atoms with Crippen LogP contribution in [0.5, 0.6) is 0 Å². The van der Waals surface area contributed by atoms with E-state index in [0.717, 1.165) is 25.1 Å². The predicted octanol–water partition coefficient (Wildman–Crippen LogP) is 0.966. The van der Waals surface area contributed by atoms with E-state index >= 15 is 0 Å². The molecule has 2 saturated heterocycles. The molecule has 0 radical (unpaired) electrons. The number of benzene rings is 1. The van der Waals surface area contributed by atoms with E-state index in [1.165, 1.54) is 12.1 Å². The van der Waals surface area contributed by atoms with Gasteiger partial charge in [0.15, 0.2) is 0 Å². The van der Waals surface area contributed by atoms with E-state index in [1.54, 1.807) is 0 Å². The molecule has 0 saturated carbocycles. The van der Waals surface area contributed by atoms with Crippen molar-refractivity contribution in [2.45, 2.75) is 36.4 Å². The van der Waals surface area contributed by atoms with Crippen molar-refractivity contribution in [1.29, 1.82) is 0 Å². The lowest BCUT2D eigenvalue weighted by Gasteiger charge is -2.33. The summed E-state index contributed by atoms with van der Waals surface area (Å²) in [5, 5.41) is 0. The van der Waals surface area contributed by atoms with Crippen LogP contribution in [0.4, 0.5) is 4.39 Å². The molecule has 3 rings (SSSR count). The Labute approximate surface area is 124 Å². The number of nitrogens with zero attached hydrogens (tertiary/aromatic N) is 1. The molecule has 7 heteroatoms. The monoisotopic (exact) mass is 314 g/mol. The molecule has 2 fully saturated rings. The second kappa shape index (κ2) is 5.64. The van der Waals surface area contributed by atoms with Crippen molar-refractivity contribution in [3.05, 3.63) is 30.1 Å². The minimum Gasteiger partial charge on any atom is -0.376 e. The molecular formula is C14H19FN2O3S. The molecule has 3 atom stereocenters. The van der Waals surface area contributed by atoms with E-state index < -0.39 is 15.8 Å². The summed E-state index contributed by atoms with van der Waals surface area (Å²) in [4.78, 5) is 2.37. The third-order valence-corrected chi connectivity index (χ3v) is 5.57. The summed E-state index contributed by atoms with van der Waals surface area (Å²) >= 11 is 0. The Bertz CT molecular complexity index is 605. The number of ether oxygens (including phenoxy) is 1. The fraction of sp³-hybridized carbons (Fsp3) is 0.571. The molecule has 5 nitrogen and oxygen atoms in total. The highest BCUT2D eigenvalue weighted by Crippen LogP contribution is 2.24. The molecule has 2 aliphatic heterocycles. The highest BCUT2D eigenvalue weighted by molar-refractivity contribution is 7.89. The van der Waals surface area contributed by atoms with Gasteiger partial charge in [-0.3, -0.25) is 4.90 Å². The van der Waals surface area contributed by atoms with Crippen LogP contribution >= 0.6 is 0 Å². The third kappa shape index (κ3) is 3.26. The fourth-order valence-electron chi connectivity index (χ4n) is 3.03. The fourth-order valence-corrected chi connectivity index (χ4v) is 4.27. The van der Waals surface area contributed by atoms with Crippen molar-refractivity contribution in [2.75, 3.05) is 19.7 Å².